The second kappa shape index (κ2) is 4.92. The van der Waals surface area contributed by atoms with Crippen LogP contribution in [0, 0.1) is 0 Å². The summed E-state index contributed by atoms with van der Waals surface area (Å²) in [4.78, 5) is 0. The predicted molar refractivity (Wildman–Crippen MR) is 263 cm³/mol. The van der Waals surface area contributed by atoms with Crippen molar-refractivity contribution < 1.29 is 13.2 Å². The fourth-order valence-electron chi connectivity index (χ4n) is 23.3. The zero-order chi connectivity index (χ0) is 38.1. The van der Waals surface area contributed by atoms with Gasteiger partial charge in [0.05, 0.1) is 0 Å². The van der Waals surface area contributed by atoms with Gasteiger partial charge in [-0.2, -0.15) is 13.2 Å². The summed E-state index contributed by atoms with van der Waals surface area (Å²) >= 11 is 0. The van der Waals surface area contributed by atoms with E-state index in [1.165, 1.54) is 264 Å². The first kappa shape index (κ1) is 23.0. The zero-order valence-electron chi connectivity index (χ0n) is 31.6. The van der Waals surface area contributed by atoms with Crippen molar-refractivity contribution in [2.24, 2.45) is 0 Å². The summed E-state index contributed by atoms with van der Waals surface area (Å²) in [6, 6.07) is 0. The Labute approximate surface area is 341 Å². The maximum absolute atomic E-state index is 18.3. The highest BCUT2D eigenvalue weighted by molar-refractivity contribution is 6.83. The molecule has 3 aliphatic carbocycles. The third-order valence-corrected chi connectivity index (χ3v) is 23.3. The van der Waals surface area contributed by atoms with Crippen molar-refractivity contribution in [3.8, 4) is 0 Å². The quantitative estimate of drug-likeness (QED) is 0.106. The van der Waals surface area contributed by atoms with Crippen LogP contribution in [0.2, 0.25) is 0 Å². The van der Waals surface area contributed by atoms with Gasteiger partial charge in [-0.3, -0.25) is 0 Å². The molecule has 29 aromatic rings. The molecule has 0 nitrogen and oxygen atoms in total. The molecule has 0 fully saturated rings. The summed E-state index contributed by atoms with van der Waals surface area (Å²) in [5, 5.41) is 74.8. The molecule has 0 amide bonds. The van der Waals surface area contributed by atoms with Crippen LogP contribution >= 0.6 is 0 Å². The number of halogens is 3. The van der Waals surface area contributed by atoms with E-state index in [2.05, 4.69) is 0 Å². The molecule has 0 N–H and O–H groups in total. The van der Waals surface area contributed by atoms with Gasteiger partial charge in [0.2, 0.25) is 0 Å². The molecule has 0 heterocycles. The SMILES string of the molecule is FC(F)(F)C12c3c4c5c6c1c1c7c8c6c6c5c5c9c4c4c3c3c%10c%11c4c4c9c9c5c5c6c6c8c8c7c7c%12c%13c8c8c6c5c5c9c6c4c%11c4c9c6c5c8c%13c9c5c4c%10c4c(c5%12)c7c1[c-]2c34. The van der Waals surface area contributed by atoms with Gasteiger partial charge in [0, 0.05) is 0 Å². The van der Waals surface area contributed by atoms with Gasteiger partial charge in [0.25, 0.3) is 0 Å². The molecule has 0 aromatic heterocycles. The lowest BCUT2D eigenvalue weighted by atomic mass is 9.63. The lowest BCUT2D eigenvalue weighted by Crippen LogP contribution is -2.44. The number of benzene rings is 18. The van der Waals surface area contributed by atoms with Gasteiger partial charge in [0.1, 0.15) is 5.41 Å². The molecule has 0 unspecified atom stereocenters. The van der Waals surface area contributed by atoms with Gasteiger partial charge in [-0.1, -0.05) is 32.5 Å². The summed E-state index contributed by atoms with van der Waals surface area (Å²) in [7, 11) is 0. The topological polar surface area (TPSA) is 0 Å². The molecule has 3 heteroatoms. The van der Waals surface area contributed by atoms with Crippen LogP contribution in [-0.2, 0) is 5.41 Å². The monoisotopic (exact) mass is 789 g/mol. The summed E-state index contributed by atoms with van der Waals surface area (Å²) in [6.45, 7) is 0. The Balaban J connectivity index is 1.31. The molecule has 0 bridgehead atoms. The van der Waals surface area contributed by atoms with Crippen molar-refractivity contribution in [3.05, 3.63) is 16.7 Å². The van der Waals surface area contributed by atoms with Gasteiger partial charge < -0.3 is 0 Å². The van der Waals surface area contributed by atoms with Crippen molar-refractivity contribution in [3.63, 3.8) is 0 Å². The van der Waals surface area contributed by atoms with E-state index in [0.717, 1.165) is 32.3 Å². The number of alkyl halides is 3. The Morgan fingerprint density at radius 2 is 0.328 bits per heavy atom. The fraction of sp³-hybridized carbons (Fsp3) is 0.0328. The molecule has 0 saturated heterocycles. The minimum absolute atomic E-state index is 0.630. The highest BCUT2D eigenvalue weighted by Crippen LogP contribution is 2.83. The van der Waals surface area contributed by atoms with Crippen molar-refractivity contribution >= 4 is 302 Å². The molecule has 64 heavy (non-hydrogen) atoms. The lowest BCUT2D eigenvalue weighted by Gasteiger charge is -2.43. The minimum atomic E-state index is -4.56. The van der Waals surface area contributed by atoms with Gasteiger partial charge in [-0.05, 0) is 275 Å². The Kier molecular flexibility index (Phi) is 1.77. The van der Waals surface area contributed by atoms with E-state index >= 15 is 13.2 Å². The van der Waals surface area contributed by atoms with E-state index in [9.17, 15) is 0 Å². The average Bonchev–Trinajstić information content (AvgIpc) is 4.12. The molecule has 0 radical (unpaired) electrons. The highest BCUT2D eigenvalue weighted by atomic mass is 19.4. The zero-order valence-corrected chi connectivity index (χ0v) is 31.6. The van der Waals surface area contributed by atoms with Crippen LogP contribution in [0.4, 0.5) is 13.2 Å². The normalized spacial score (nSPS) is 20.5. The maximum Gasteiger partial charge on any atom is 0.399 e. The second-order valence-corrected chi connectivity index (χ2v) is 23.4. The largest absolute Gasteiger partial charge is 0.399 e. The van der Waals surface area contributed by atoms with Crippen LogP contribution < -0.4 is 0 Å². The Morgan fingerprint density at radius 3 is 0.594 bits per heavy atom. The van der Waals surface area contributed by atoms with Crippen LogP contribution in [0.3, 0.4) is 0 Å². The highest BCUT2D eigenvalue weighted by Gasteiger charge is 2.66. The Bertz CT molecular complexity index is 6540. The van der Waals surface area contributed by atoms with E-state index in [4.69, 9.17) is 0 Å². The van der Waals surface area contributed by atoms with Gasteiger partial charge in [-0.25, -0.2) is 0 Å². The summed E-state index contributed by atoms with van der Waals surface area (Å²) in [5.74, 6) is 0. The molecule has 3 aliphatic rings. The van der Waals surface area contributed by atoms with E-state index < -0.39 is 11.6 Å². The lowest BCUT2D eigenvalue weighted by molar-refractivity contribution is -0.164. The third-order valence-electron chi connectivity index (χ3n) is 23.3. The van der Waals surface area contributed by atoms with Crippen molar-refractivity contribution in [2.75, 3.05) is 0 Å². The average molecular weight is 790 g/mol. The van der Waals surface area contributed by atoms with Crippen LogP contribution in [0.1, 0.15) is 16.7 Å². The maximum atomic E-state index is 18.3. The van der Waals surface area contributed by atoms with Crippen LogP contribution in [-0.4, -0.2) is 6.18 Å². The number of hydrogen-bond donors (Lipinski definition) is 0. The van der Waals surface area contributed by atoms with Crippen molar-refractivity contribution in [1.29, 1.82) is 0 Å². The molecule has 0 spiro atoms. The molecule has 0 aliphatic heterocycles. The molecule has 0 atom stereocenters. The van der Waals surface area contributed by atoms with Crippen LogP contribution in [0.25, 0.3) is 302 Å². The first-order valence-electron chi connectivity index (χ1n) is 23.3. The first-order chi connectivity index (χ1) is 31.6. The van der Waals surface area contributed by atoms with Crippen molar-refractivity contribution in [2.45, 2.75) is 11.6 Å². The molecule has 32 rings (SSSR count). The standard InChI is InChI=1S/C61F3/c62-61(63,64)60-57-53-47-33-25-17-5-2-1-3-6(5)18-20-16-10(3)12-8-4(1)7-11-9(2)15-19(17)31(33)39-37-23(15)21(11)29-27-13(7)14(8)28-30-22(12)24(16)38-40-32(20)34(26(18)25)48(47)54(57)50(40)52-44(38)42(30)46-36(28)35(27)45-41(29)43(37)51(49(39)53)58(60)55(45)56(46)59(52)60/q-1. The van der Waals surface area contributed by atoms with E-state index in [1.807, 2.05) is 0 Å². The summed E-state index contributed by atoms with van der Waals surface area (Å²) in [6.07, 6.45) is -4.56. The van der Waals surface area contributed by atoms with Crippen molar-refractivity contribution in [1.82, 2.24) is 0 Å². The first-order valence-corrected chi connectivity index (χ1v) is 23.3. The second-order valence-electron chi connectivity index (χ2n) is 23.4. The van der Waals surface area contributed by atoms with E-state index in [-0.39, 0.29) is 0 Å². The molecular weight excluding hydrogens is 790 g/mol. The molecule has 0 saturated carbocycles. The summed E-state index contributed by atoms with van der Waals surface area (Å²) < 4.78 is 55.0. The Morgan fingerprint density at radius 1 is 0.188 bits per heavy atom. The van der Waals surface area contributed by atoms with E-state index in [1.54, 1.807) is 5.39 Å². The van der Waals surface area contributed by atoms with Gasteiger partial charge in [0.15, 0.2) is 0 Å². The molecule has 29 aromatic carbocycles. The molecule has 266 valence electrons. The summed E-state index contributed by atoms with van der Waals surface area (Å²) in [5.41, 5.74) is -0.349. The third kappa shape index (κ3) is 1.13. The van der Waals surface area contributed by atoms with Crippen LogP contribution in [0.5, 0.6) is 0 Å². The Hall–Kier alpha value is -7.88. The molecular formula is C61F3-. The predicted octanol–water partition coefficient (Wildman–Crippen LogP) is 17.9. The van der Waals surface area contributed by atoms with E-state index in [0.29, 0.717) is 16.7 Å². The van der Waals surface area contributed by atoms with Gasteiger partial charge in [-0.15, -0.1) is 10.8 Å². The fourth-order valence-corrected chi connectivity index (χ4v) is 23.3. The minimum Gasteiger partial charge on any atom is -0.170 e. The smallest absolute Gasteiger partial charge is 0.170 e. The number of hydrogen-bond acceptors (Lipinski definition) is 0. The van der Waals surface area contributed by atoms with Crippen LogP contribution in [0.15, 0.2) is 0 Å². The van der Waals surface area contributed by atoms with Gasteiger partial charge >= 0.3 is 6.18 Å². The number of rotatable bonds is 0.